The molecule has 0 aromatic heterocycles. The van der Waals surface area contributed by atoms with Gasteiger partial charge in [0.05, 0.1) is 0 Å². The average molecular weight is 367 g/mol. The molecule has 27 heavy (non-hydrogen) atoms. The predicted molar refractivity (Wildman–Crippen MR) is 104 cm³/mol. The summed E-state index contributed by atoms with van der Waals surface area (Å²) < 4.78 is 5.48. The van der Waals surface area contributed by atoms with Gasteiger partial charge in [0.1, 0.15) is 12.1 Å². The van der Waals surface area contributed by atoms with Crippen molar-refractivity contribution in [1.29, 1.82) is 0 Å². The molecule has 1 unspecified atom stereocenters. The summed E-state index contributed by atoms with van der Waals surface area (Å²) in [6, 6.07) is 16.2. The van der Waals surface area contributed by atoms with Crippen LogP contribution in [0.5, 0.6) is 0 Å². The van der Waals surface area contributed by atoms with E-state index in [2.05, 4.69) is 17.4 Å². The number of alkyl carbamates (subject to hydrolysis) is 1. The second-order valence-corrected chi connectivity index (χ2v) is 6.94. The highest BCUT2D eigenvalue weighted by Crippen LogP contribution is 2.44. The Morgan fingerprint density at radius 2 is 1.59 bits per heavy atom. The van der Waals surface area contributed by atoms with Crippen LogP contribution in [-0.4, -0.2) is 29.3 Å². The molecule has 3 rings (SSSR count). The van der Waals surface area contributed by atoms with Crippen LogP contribution in [0, 0.1) is 0 Å². The molecular weight excluding hydrogens is 342 g/mol. The van der Waals surface area contributed by atoms with E-state index < -0.39 is 17.6 Å². The van der Waals surface area contributed by atoms with Gasteiger partial charge in [-0.3, -0.25) is 0 Å². The third kappa shape index (κ3) is 3.54. The average Bonchev–Trinajstić information content (AvgIpc) is 2.99. The fourth-order valence-electron chi connectivity index (χ4n) is 3.90. The maximum Gasteiger partial charge on any atom is 0.408 e. The molecule has 0 saturated carbocycles. The molecule has 0 heterocycles. The van der Waals surface area contributed by atoms with Crippen LogP contribution in [0.15, 0.2) is 48.5 Å². The molecule has 5 nitrogen and oxygen atoms in total. The Bertz CT molecular complexity index is 802. The molecule has 1 aliphatic rings. The van der Waals surface area contributed by atoms with Gasteiger partial charge in [-0.05, 0) is 35.1 Å². The highest BCUT2D eigenvalue weighted by molar-refractivity contribution is 5.84. The van der Waals surface area contributed by atoms with E-state index in [9.17, 15) is 14.7 Å². The summed E-state index contributed by atoms with van der Waals surface area (Å²) in [6.07, 6.45) is 0.641. The van der Waals surface area contributed by atoms with Gasteiger partial charge in [0.25, 0.3) is 0 Å². The lowest BCUT2D eigenvalue weighted by Gasteiger charge is -2.28. The van der Waals surface area contributed by atoms with Gasteiger partial charge in [0, 0.05) is 5.92 Å². The molecule has 0 saturated heterocycles. The molecule has 142 valence electrons. The molecule has 1 amide bonds. The Hall–Kier alpha value is -2.82. The molecule has 1 atom stereocenters. The zero-order valence-corrected chi connectivity index (χ0v) is 15.7. The Labute approximate surface area is 159 Å². The van der Waals surface area contributed by atoms with Crippen molar-refractivity contribution in [3.8, 4) is 11.1 Å². The van der Waals surface area contributed by atoms with Gasteiger partial charge in [-0.25, -0.2) is 9.59 Å². The lowest BCUT2D eigenvalue weighted by molar-refractivity contribution is -0.145. The molecular formula is C22H25NO4. The van der Waals surface area contributed by atoms with Gasteiger partial charge in [-0.15, -0.1) is 0 Å². The summed E-state index contributed by atoms with van der Waals surface area (Å²) in [5, 5.41) is 12.2. The van der Waals surface area contributed by atoms with E-state index in [4.69, 9.17) is 4.74 Å². The number of carboxylic acid groups (broad SMARTS) is 1. The van der Waals surface area contributed by atoms with Crippen LogP contribution in [0.2, 0.25) is 0 Å². The van der Waals surface area contributed by atoms with Gasteiger partial charge in [0.2, 0.25) is 0 Å². The van der Waals surface area contributed by atoms with Gasteiger partial charge >= 0.3 is 12.1 Å². The summed E-state index contributed by atoms with van der Waals surface area (Å²) in [5.74, 6) is -1.07. The SMILES string of the molecule is CCCC(CC)(NC(=O)OCC1c2ccccc2-c2ccccc21)C(=O)O. The summed E-state index contributed by atoms with van der Waals surface area (Å²) >= 11 is 0. The van der Waals surface area contributed by atoms with E-state index in [0.29, 0.717) is 19.3 Å². The van der Waals surface area contributed by atoms with E-state index in [1.54, 1.807) is 6.92 Å². The fourth-order valence-corrected chi connectivity index (χ4v) is 3.90. The number of rotatable bonds is 7. The number of hydrogen-bond acceptors (Lipinski definition) is 3. The second kappa shape index (κ2) is 7.82. The monoisotopic (exact) mass is 367 g/mol. The topological polar surface area (TPSA) is 75.6 Å². The van der Waals surface area contributed by atoms with Crippen molar-refractivity contribution in [2.45, 2.75) is 44.6 Å². The van der Waals surface area contributed by atoms with Gasteiger partial charge in [0.15, 0.2) is 0 Å². The lowest BCUT2D eigenvalue weighted by atomic mass is 9.91. The van der Waals surface area contributed by atoms with Crippen molar-refractivity contribution >= 4 is 12.1 Å². The first-order chi connectivity index (χ1) is 13.0. The highest BCUT2D eigenvalue weighted by Gasteiger charge is 2.38. The zero-order chi connectivity index (χ0) is 19.4. The minimum absolute atomic E-state index is 0.0461. The van der Waals surface area contributed by atoms with Crippen molar-refractivity contribution in [2.75, 3.05) is 6.61 Å². The van der Waals surface area contributed by atoms with Crippen LogP contribution >= 0.6 is 0 Å². The summed E-state index contributed by atoms with van der Waals surface area (Å²) in [5.41, 5.74) is 3.28. The summed E-state index contributed by atoms with van der Waals surface area (Å²) in [6.45, 7) is 3.83. The van der Waals surface area contributed by atoms with Crippen molar-refractivity contribution in [2.24, 2.45) is 0 Å². The highest BCUT2D eigenvalue weighted by atomic mass is 16.5. The molecule has 0 bridgehead atoms. The normalized spacial score (nSPS) is 14.7. The number of hydrogen-bond donors (Lipinski definition) is 2. The number of ether oxygens (including phenoxy) is 1. The van der Waals surface area contributed by atoms with Crippen molar-refractivity contribution in [1.82, 2.24) is 5.32 Å². The first-order valence-corrected chi connectivity index (χ1v) is 9.39. The Morgan fingerprint density at radius 3 is 2.07 bits per heavy atom. The van der Waals surface area contributed by atoms with Crippen molar-refractivity contribution in [3.05, 3.63) is 59.7 Å². The number of carbonyl (C=O) groups is 2. The van der Waals surface area contributed by atoms with Crippen LogP contribution in [-0.2, 0) is 9.53 Å². The van der Waals surface area contributed by atoms with Gasteiger partial charge < -0.3 is 15.2 Å². The largest absolute Gasteiger partial charge is 0.480 e. The summed E-state index contributed by atoms with van der Waals surface area (Å²) in [4.78, 5) is 24.1. The lowest BCUT2D eigenvalue weighted by Crippen LogP contribution is -2.54. The van der Waals surface area contributed by atoms with Gasteiger partial charge in [-0.1, -0.05) is 68.8 Å². The number of amides is 1. The minimum atomic E-state index is -1.28. The second-order valence-electron chi connectivity index (χ2n) is 6.94. The number of aliphatic carboxylic acids is 1. The van der Waals surface area contributed by atoms with Crippen LogP contribution in [0.4, 0.5) is 4.79 Å². The molecule has 2 N–H and O–H groups in total. The number of nitrogens with one attached hydrogen (secondary N) is 1. The maximum absolute atomic E-state index is 12.4. The van der Waals surface area contributed by atoms with Crippen LogP contribution < -0.4 is 5.32 Å². The molecule has 5 heteroatoms. The quantitative estimate of drug-likeness (QED) is 0.752. The van der Waals surface area contributed by atoms with Crippen LogP contribution in [0.1, 0.15) is 50.2 Å². The molecule has 0 fully saturated rings. The van der Waals surface area contributed by atoms with E-state index >= 15 is 0 Å². The molecule has 0 aliphatic heterocycles. The van der Waals surface area contributed by atoms with E-state index in [0.717, 1.165) is 22.3 Å². The Balaban J connectivity index is 1.75. The minimum Gasteiger partial charge on any atom is -0.480 e. The smallest absolute Gasteiger partial charge is 0.408 e. The first kappa shape index (κ1) is 19.0. The predicted octanol–water partition coefficient (Wildman–Crippen LogP) is 4.56. The standard InChI is InChI=1S/C22H25NO4/c1-3-13-22(4-2,20(24)25)23-21(26)27-14-19-17-11-7-5-9-15(17)16-10-6-8-12-18(16)19/h5-12,19H,3-4,13-14H2,1-2H3,(H,23,26)(H,24,25). The summed E-state index contributed by atoms with van der Waals surface area (Å²) in [7, 11) is 0. The fraction of sp³-hybridized carbons (Fsp3) is 0.364. The maximum atomic E-state index is 12.4. The molecule has 2 aromatic carbocycles. The zero-order valence-electron chi connectivity index (χ0n) is 15.7. The number of carboxylic acids is 1. The van der Waals surface area contributed by atoms with E-state index in [-0.39, 0.29) is 12.5 Å². The third-order valence-corrected chi connectivity index (χ3v) is 5.37. The Morgan fingerprint density at radius 1 is 1.04 bits per heavy atom. The molecule has 1 aliphatic carbocycles. The van der Waals surface area contributed by atoms with Gasteiger partial charge in [-0.2, -0.15) is 0 Å². The van der Waals surface area contributed by atoms with Crippen molar-refractivity contribution in [3.63, 3.8) is 0 Å². The van der Waals surface area contributed by atoms with Crippen LogP contribution in [0.25, 0.3) is 11.1 Å². The van der Waals surface area contributed by atoms with E-state index in [1.807, 2.05) is 43.3 Å². The van der Waals surface area contributed by atoms with Crippen molar-refractivity contribution < 1.29 is 19.4 Å². The van der Waals surface area contributed by atoms with E-state index in [1.165, 1.54) is 0 Å². The number of benzene rings is 2. The first-order valence-electron chi connectivity index (χ1n) is 9.39. The third-order valence-electron chi connectivity index (χ3n) is 5.37. The molecule has 0 radical (unpaired) electrons. The van der Waals surface area contributed by atoms with Crippen LogP contribution in [0.3, 0.4) is 0 Å². The number of carbonyl (C=O) groups excluding carboxylic acids is 1. The number of fused-ring (bicyclic) bond motifs is 3. The molecule has 0 spiro atoms. The molecule has 2 aromatic rings. The Kier molecular flexibility index (Phi) is 5.49.